The van der Waals surface area contributed by atoms with Gasteiger partial charge in [0.2, 0.25) is 5.91 Å². The number of hydrogen-bond donors (Lipinski definition) is 3. The van der Waals surface area contributed by atoms with Gasteiger partial charge in [0, 0.05) is 19.0 Å². The summed E-state index contributed by atoms with van der Waals surface area (Å²) in [6.45, 7) is 5.59. The van der Waals surface area contributed by atoms with Crippen LogP contribution in [-0.4, -0.2) is 48.2 Å². The maximum Gasteiger partial charge on any atom is 0.320 e. The van der Waals surface area contributed by atoms with Crippen molar-refractivity contribution >= 4 is 30.3 Å². The third-order valence-corrected chi connectivity index (χ3v) is 4.68. The predicted octanol–water partition coefficient (Wildman–Crippen LogP) is 1.34. The minimum Gasteiger partial charge on any atom is -0.480 e. The lowest BCUT2D eigenvalue weighted by atomic mass is 9.86. The number of carbonyl (C=O) groups is 3. The molecule has 4 atom stereocenters. The van der Waals surface area contributed by atoms with Crippen molar-refractivity contribution in [1.29, 1.82) is 0 Å². The number of aliphatic carboxylic acids is 1. The van der Waals surface area contributed by atoms with E-state index in [0.717, 1.165) is 12.8 Å². The van der Waals surface area contributed by atoms with E-state index in [4.69, 9.17) is 4.74 Å². The number of nitrogens with one attached hydrogen (secondary N) is 2. The monoisotopic (exact) mass is 364 g/mol. The number of halogens is 1. The topological polar surface area (TPSA) is 105 Å². The minimum atomic E-state index is -0.995. The smallest absolute Gasteiger partial charge is 0.320 e. The number of hydrogen-bond acceptors (Lipinski definition) is 5. The van der Waals surface area contributed by atoms with Crippen molar-refractivity contribution in [3.8, 4) is 0 Å². The van der Waals surface area contributed by atoms with Crippen LogP contribution in [0.15, 0.2) is 0 Å². The van der Waals surface area contributed by atoms with Crippen LogP contribution in [0.5, 0.6) is 0 Å². The van der Waals surface area contributed by atoms with E-state index in [1.54, 1.807) is 0 Å². The van der Waals surface area contributed by atoms with E-state index in [0.29, 0.717) is 12.3 Å². The van der Waals surface area contributed by atoms with Crippen molar-refractivity contribution in [2.75, 3.05) is 7.11 Å². The van der Waals surface area contributed by atoms with Crippen LogP contribution in [0.2, 0.25) is 0 Å². The first-order chi connectivity index (χ1) is 10.8. The molecule has 0 aliphatic carbocycles. The van der Waals surface area contributed by atoms with Crippen LogP contribution in [0.25, 0.3) is 0 Å². The zero-order chi connectivity index (χ0) is 17.6. The van der Waals surface area contributed by atoms with Gasteiger partial charge in [-0.05, 0) is 18.8 Å². The highest BCUT2D eigenvalue weighted by Gasteiger charge is 2.45. The van der Waals surface area contributed by atoms with Gasteiger partial charge in [0.25, 0.3) is 0 Å². The number of carboxylic acid groups (broad SMARTS) is 1. The predicted molar refractivity (Wildman–Crippen MR) is 92.0 cm³/mol. The van der Waals surface area contributed by atoms with E-state index in [2.05, 4.69) is 24.5 Å². The Kier molecular flexibility index (Phi) is 9.92. The largest absolute Gasteiger partial charge is 0.480 e. The fraction of sp³-hybridized carbons (Fsp3) is 0.812. The summed E-state index contributed by atoms with van der Waals surface area (Å²) < 4.78 is 4.82. The van der Waals surface area contributed by atoms with E-state index < -0.39 is 29.9 Å². The molecule has 1 aliphatic heterocycles. The van der Waals surface area contributed by atoms with Gasteiger partial charge >= 0.3 is 11.9 Å². The summed E-state index contributed by atoms with van der Waals surface area (Å²) in [5, 5.41) is 15.1. The first-order valence-corrected chi connectivity index (χ1v) is 8.17. The maximum atomic E-state index is 12.0. The lowest BCUT2D eigenvalue weighted by Gasteiger charge is -2.30. The molecule has 3 N–H and O–H groups in total. The number of carboxylic acids is 1. The quantitative estimate of drug-likeness (QED) is 0.561. The van der Waals surface area contributed by atoms with Crippen LogP contribution < -0.4 is 10.6 Å². The molecular formula is C16H29ClN2O5. The normalized spacial score (nSPS) is 24.1. The van der Waals surface area contributed by atoms with E-state index in [1.165, 1.54) is 14.0 Å². The molecule has 1 fully saturated rings. The lowest BCUT2D eigenvalue weighted by Crippen LogP contribution is -2.53. The van der Waals surface area contributed by atoms with Crippen molar-refractivity contribution in [3.63, 3.8) is 0 Å². The minimum absolute atomic E-state index is 0. The van der Waals surface area contributed by atoms with Gasteiger partial charge in [-0.2, -0.15) is 0 Å². The number of rotatable bonds is 8. The summed E-state index contributed by atoms with van der Waals surface area (Å²) in [5.74, 6) is -1.80. The van der Waals surface area contributed by atoms with Crippen LogP contribution in [0.4, 0.5) is 0 Å². The summed E-state index contributed by atoms with van der Waals surface area (Å²) in [4.78, 5) is 34.9. The number of methoxy groups -OCH3 is 1. The molecule has 0 spiro atoms. The second-order valence-electron chi connectivity index (χ2n) is 6.17. The average Bonchev–Trinajstić information content (AvgIpc) is 2.95. The summed E-state index contributed by atoms with van der Waals surface area (Å²) in [6.07, 6.45) is 2.80. The fourth-order valence-electron chi connectivity index (χ4n) is 3.32. The lowest BCUT2D eigenvalue weighted by molar-refractivity contribution is -0.146. The van der Waals surface area contributed by atoms with Gasteiger partial charge in [0.1, 0.15) is 6.04 Å². The molecule has 0 unspecified atom stereocenters. The Balaban J connectivity index is 0.00000529. The van der Waals surface area contributed by atoms with Gasteiger partial charge in [-0.25, -0.2) is 0 Å². The van der Waals surface area contributed by atoms with Crippen LogP contribution in [0.1, 0.15) is 46.5 Å². The summed E-state index contributed by atoms with van der Waals surface area (Å²) in [6, 6.07) is -1.54. The highest BCUT2D eigenvalue weighted by atomic mass is 35.5. The first-order valence-electron chi connectivity index (χ1n) is 8.17. The van der Waals surface area contributed by atoms with E-state index in [1.807, 2.05) is 0 Å². The number of esters is 1. The van der Waals surface area contributed by atoms with Crippen LogP contribution in [0, 0.1) is 11.8 Å². The highest BCUT2D eigenvalue weighted by molar-refractivity contribution is 5.85. The zero-order valence-corrected chi connectivity index (χ0v) is 15.5. The third kappa shape index (κ3) is 5.94. The molecule has 8 heteroatoms. The van der Waals surface area contributed by atoms with E-state index in [-0.39, 0.29) is 30.8 Å². The van der Waals surface area contributed by atoms with Crippen molar-refractivity contribution in [2.24, 2.45) is 11.8 Å². The van der Waals surface area contributed by atoms with Crippen molar-refractivity contribution in [2.45, 2.75) is 64.6 Å². The molecule has 0 aromatic rings. The molecule has 0 saturated carbocycles. The molecule has 1 rings (SSSR count). The molecule has 1 saturated heterocycles. The molecule has 0 aromatic carbocycles. The molecule has 1 heterocycles. The molecular weight excluding hydrogens is 336 g/mol. The molecule has 24 heavy (non-hydrogen) atoms. The summed E-state index contributed by atoms with van der Waals surface area (Å²) in [5.41, 5.74) is 0. The molecule has 1 amide bonds. The summed E-state index contributed by atoms with van der Waals surface area (Å²) in [7, 11) is 1.29. The molecule has 7 nitrogen and oxygen atoms in total. The van der Waals surface area contributed by atoms with E-state index in [9.17, 15) is 19.5 Å². The Labute approximate surface area is 149 Å². The Bertz CT molecular complexity index is 442. The van der Waals surface area contributed by atoms with Gasteiger partial charge in [-0.15, -0.1) is 12.4 Å². The standard InChI is InChI=1S/C16H28N2O5.ClH/c1-5-10(6-2)7-12(17-9(3)19)14-11(16(22)23-4)8-13(18-14)15(20)21;/h10-14,18H,5-8H2,1-4H3,(H,17,19)(H,20,21);1H/t11-,12+,13-,14-;/m1./s1. The van der Waals surface area contributed by atoms with Crippen LogP contribution in [0.3, 0.4) is 0 Å². The first kappa shape index (κ1) is 22.7. The Hall–Kier alpha value is -1.34. The van der Waals surface area contributed by atoms with Gasteiger partial charge in [0.05, 0.1) is 13.0 Å². The number of carbonyl (C=O) groups excluding carboxylic acids is 2. The Morgan fingerprint density at radius 3 is 2.29 bits per heavy atom. The average molecular weight is 365 g/mol. The maximum absolute atomic E-state index is 12.0. The Morgan fingerprint density at radius 1 is 1.29 bits per heavy atom. The molecule has 1 aliphatic rings. The van der Waals surface area contributed by atoms with Crippen molar-refractivity contribution in [1.82, 2.24) is 10.6 Å². The number of amides is 1. The molecule has 140 valence electrons. The SMILES string of the molecule is CCC(CC)C[C@H](NC(C)=O)[C@@H]1N[C@@H](C(=O)O)C[C@H]1C(=O)OC.Cl. The third-order valence-electron chi connectivity index (χ3n) is 4.68. The second-order valence-corrected chi connectivity index (χ2v) is 6.17. The van der Waals surface area contributed by atoms with Gasteiger partial charge in [-0.1, -0.05) is 26.7 Å². The molecule has 0 bridgehead atoms. The van der Waals surface area contributed by atoms with Crippen LogP contribution >= 0.6 is 12.4 Å². The highest BCUT2D eigenvalue weighted by Crippen LogP contribution is 2.28. The van der Waals surface area contributed by atoms with Crippen LogP contribution in [-0.2, 0) is 19.1 Å². The van der Waals surface area contributed by atoms with E-state index >= 15 is 0 Å². The van der Waals surface area contributed by atoms with Gasteiger partial charge in [-0.3, -0.25) is 19.7 Å². The summed E-state index contributed by atoms with van der Waals surface area (Å²) >= 11 is 0. The molecule has 0 radical (unpaired) electrons. The van der Waals surface area contributed by atoms with Gasteiger partial charge < -0.3 is 15.2 Å². The zero-order valence-electron chi connectivity index (χ0n) is 14.7. The van der Waals surface area contributed by atoms with Crippen molar-refractivity contribution in [3.05, 3.63) is 0 Å². The second kappa shape index (κ2) is 10.5. The Morgan fingerprint density at radius 2 is 1.88 bits per heavy atom. The fourth-order valence-corrected chi connectivity index (χ4v) is 3.32. The number of ether oxygens (including phenoxy) is 1. The molecule has 0 aromatic heterocycles. The van der Waals surface area contributed by atoms with Gasteiger partial charge in [0.15, 0.2) is 0 Å². The van der Waals surface area contributed by atoms with Crippen molar-refractivity contribution < 1.29 is 24.2 Å².